The Morgan fingerprint density at radius 3 is 2.67 bits per heavy atom. The molecule has 0 saturated heterocycles. The molecule has 0 radical (unpaired) electrons. The third-order valence-electron chi connectivity index (χ3n) is 1.54. The van der Waals surface area contributed by atoms with Crippen molar-refractivity contribution in [1.82, 2.24) is 0 Å². The van der Waals surface area contributed by atoms with Crippen molar-refractivity contribution in [1.29, 1.82) is 0 Å². The molecule has 15 heavy (non-hydrogen) atoms. The molecule has 1 aromatic carbocycles. The summed E-state index contributed by atoms with van der Waals surface area (Å²) in [6.07, 6.45) is -2.56. The van der Waals surface area contributed by atoms with Gasteiger partial charge in [0.1, 0.15) is 12.4 Å². The standard InChI is InChI=1S/C9H7BrF2O3/c10-6-3-5(9(13)14)1-2-7(6)15-4-8(11)12/h1-3,8H,4H2,(H,13,14). The molecule has 6 heteroatoms. The molecular weight excluding hydrogens is 274 g/mol. The molecule has 0 unspecified atom stereocenters. The van der Waals surface area contributed by atoms with E-state index in [1.807, 2.05) is 0 Å². The molecule has 82 valence electrons. The maximum atomic E-state index is 11.8. The fourth-order valence-corrected chi connectivity index (χ4v) is 1.40. The minimum Gasteiger partial charge on any atom is -0.486 e. The summed E-state index contributed by atoms with van der Waals surface area (Å²) in [6.45, 7) is -0.717. The monoisotopic (exact) mass is 280 g/mol. The minimum atomic E-state index is -2.56. The zero-order valence-corrected chi connectivity index (χ0v) is 9.00. The van der Waals surface area contributed by atoms with Gasteiger partial charge in [0.05, 0.1) is 10.0 Å². The molecule has 0 aromatic heterocycles. The van der Waals surface area contributed by atoms with Crippen LogP contribution in [0.3, 0.4) is 0 Å². The minimum absolute atomic E-state index is 0.0614. The third-order valence-corrected chi connectivity index (χ3v) is 2.16. The molecule has 0 bridgehead atoms. The van der Waals surface area contributed by atoms with E-state index in [0.29, 0.717) is 4.47 Å². The molecule has 1 aromatic rings. The van der Waals surface area contributed by atoms with Crippen molar-refractivity contribution in [3.8, 4) is 5.75 Å². The van der Waals surface area contributed by atoms with Gasteiger partial charge < -0.3 is 9.84 Å². The number of hydrogen-bond acceptors (Lipinski definition) is 2. The highest BCUT2D eigenvalue weighted by atomic mass is 79.9. The van der Waals surface area contributed by atoms with Crippen molar-refractivity contribution in [2.24, 2.45) is 0 Å². The molecule has 1 N–H and O–H groups in total. The maximum absolute atomic E-state index is 11.8. The molecule has 0 aliphatic rings. The average Bonchev–Trinajstić information content (AvgIpc) is 2.15. The van der Waals surface area contributed by atoms with Gasteiger partial charge in [-0.25, -0.2) is 13.6 Å². The highest BCUT2D eigenvalue weighted by Gasteiger charge is 2.09. The van der Waals surface area contributed by atoms with Crippen LogP contribution in [0, 0.1) is 0 Å². The van der Waals surface area contributed by atoms with Crippen LogP contribution in [0.4, 0.5) is 8.78 Å². The van der Waals surface area contributed by atoms with Gasteiger partial charge in [-0.2, -0.15) is 0 Å². The predicted molar refractivity (Wildman–Crippen MR) is 52.6 cm³/mol. The number of hydrogen-bond donors (Lipinski definition) is 1. The lowest BCUT2D eigenvalue weighted by Crippen LogP contribution is -2.07. The van der Waals surface area contributed by atoms with Crippen LogP contribution in [-0.2, 0) is 0 Å². The number of aromatic carboxylic acids is 1. The van der Waals surface area contributed by atoms with E-state index in [1.54, 1.807) is 0 Å². The fraction of sp³-hybridized carbons (Fsp3) is 0.222. The highest BCUT2D eigenvalue weighted by Crippen LogP contribution is 2.26. The molecule has 0 heterocycles. The average molecular weight is 281 g/mol. The van der Waals surface area contributed by atoms with Gasteiger partial charge in [0.15, 0.2) is 0 Å². The number of halogens is 3. The van der Waals surface area contributed by atoms with E-state index in [2.05, 4.69) is 15.9 Å². The second-order valence-electron chi connectivity index (χ2n) is 2.65. The normalized spacial score (nSPS) is 10.4. The molecule has 0 aliphatic carbocycles. The van der Waals surface area contributed by atoms with Gasteiger partial charge in [0.2, 0.25) is 0 Å². The first-order valence-electron chi connectivity index (χ1n) is 3.94. The molecule has 3 nitrogen and oxygen atoms in total. The number of benzene rings is 1. The smallest absolute Gasteiger partial charge is 0.335 e. The van der Waals surface area contributed by atoms with Crippen LogP contribution in [0.1, 0.15) is 10.4 Å². The first-order valence-corrected chi connectivity index (χ1v) is 4.74. The summed E-state index contributed by atoms with van der Waals surface area (Å²) in [5.41, 5.74) is 0.0614. The van der Waals surface area contributed by atoms with Crippen LogP contribution in [0.5, 0.6) is 5.75 Å². The molecule has 0 amide bonds. The number of ether oxygens (including phenoxy) is 1. The fourth-order valence-electron chi connectivity index (χ4n) is 0.904. The Labute approximate surface area is 92.8 Å². The molecule has 0 atom stereocenters. The maximum Gasteiger partial charge on any atom is 0.335 e. The first kappa shape index (κ1) is 11.9. The Balaban J connectivity index is 2.79. The van der Waals surface area contributed by atoms with Crippen LogP contribution in [-0.4, -0.2) is 24.1 Å². The van der Waals surface area contributed by atoms with Crippen LogP contribution in [0.2, 0.25) is 0 Å². The number of carboxylic acids is 1. The largest absolute Gasteiger partial charge is 0.486 e. The Morgan fingerprint density at radius 1 is 1.53 bits per heavy atom. The van der Waals surface area contributed by atoms with Crippen molar-refractivity contribution in [3.63, 3.8) is 0 Å². The highest BCUT2D eigenvalue weighted by molar-refractivity contribution is 9.10. The van der Waals surface area contributed by atoms with Crippen molar-refractivity contribution >= 4 is 21.9 Å². The van der Waals surface area contributed by atoms with Crippen LogP contribution < -0.4 is 4.74 Å². The van der Waals surface area contributed by atoms with Crippen molar-refractivity contribution in [2.45, 2.75) is 6.43 Å². The Bertz CT molecular complexity index is 368. The molecule has 0 saturated carbocycles. The number of alkyl halides is 2. The topological polar surface area (TPSA) is 46.5 Å². The quantitative estimate of drug-likeness (QED) is 0.923. The summed E-state index contributed by atoms with van der Waals surface area (Å²) < 4.78 is 28.7. The van der Waals surface area contributed by atoms with E-state index in [0.717, 1.165) is 0 Å². The molecule has 0 fully saturated rings. The van der Waals surface area contributed by atoms with Gasteiger partial charge in [-0.1, -0.05) is 0 Å². The predicted octanol–water partition coefficient (Wildman–Crippen LogP) is 2.79. The van der Waals surface area contributed by atoms with Crippen molar-refractivity contribution in [3.05, 3.63) is 28.2 Å². The van der Waals surface area contributed by atoms with Gasteiger partial charge >= 0.3 is 5.97 Å². The van der Waals surface area contributed by atoms with Crippen LogP contribution in [0.25, 0.3) is 0 Å². The number of carbonyl (C=O) groups is 1. The van der Waals surface area contributed by atoms with Crippen LogP contribution >= 0.6 is 15.9 Å². The summed E-state index contributed by atoms with van der Waals surface area (Å²) in [4.78, 5) is 10.5. The second-order valence-corrected chi connectivity index (χ2v) is 3.51. The van der Waals surface area contributed by atoms with E-state index >= 15 is 0 Å². The molecule has 1 rings (SSSR count). The van der Waals surface area contributed by atoms with Gasteiger partial charge in [-0.05, 0) is 34.1 Å². The lowest BCUT2D eigenvalue weighted by Gasteiger charge is -2.07. The van der Waals surface area contributed by atoms with E-state index in [4.69, 9.17) is 9.84 Å². The summed E-state index contributed by atoms with van der Waals surface area (Å²) in [6, 6.07) is 3.91. The third kappa shape index (κ3) is 3.47. The van der Waals surface area contributed by atoms with E-state index in [-0.39, 0.29) is 11.3 Å². The Morgan fingerprint density at radius 2 is 2.20 bits per heavy atom. The number of rotatable bonds is 4. The van der Waals surface area contributed by atoms with E-state index in [9.17, 15) is 13.6 Å². The molecule has 0 aliphatic heterocycles. The number of carboxylic acid groups (broad SMARTS) is 1. The summed E-state index contributed by atoms with van der Waals surface area (Å²) in [5, 5.41) is 8.64. The zero-order chi connectivity index (χ0) is 11.4. The first-order chi connectivity index (χ1) is 7.00. The summed E-state index contributed by atoms with van der Waals surface area (Å²) in [5.74, 6) is -0.892. The van der Waals surface area contributed by atoms with Crippen molar-refractivity contribution in [2.75, 3.05) is 6.61 Å². The summed E-state index contributed by atoms with van der Waals surface area (Å²) >= 11 is 3.03. The zero-order valence-electron chi connectivity index (χ0n) is 7.41. The van der Waals surface area contributed by atoms with Gasteiger partial charge in [0, 0.05) is 0 Å². The van der Waals surface area contributed by atoms with E-state index < -0.39 is 19.0 Å². The lowest BCUT2D eigenvalue weighted by atomic mass is 10.2. The lowest BCUT2D eigenvalue weighted by molar-refractivity contribution is 0.0695. The SMILES string of the molecule is O=C(O)c1ccc(OCC(F)F)c(Br)c1. The second kappa shape index (κ2) is 5.06. The Kier molecular flexibility index (Phi) is 4.02. The molecule has 0 spiro atoms. The Hall–Kier alpha value is -1.17. The van der Waals surface area contributed by atoms with Crippen LogP contribution in [0.15, 0.2) is 22.7 Å². The van der Waals surface area contributed by atoms with E-state index in [1.165, 1.54) is 18.2 Å². The van der Waals surface area contributed by atoms with Gasteiger partial charge in [0.25, 0.3) is 6.43 Å². The molecular formula is C9H7BrF2O3. The van der Waals surface area contributed by atoms with Gasteiger partial charge in [-0.3, -0.25) is 0 Å². The van der Waals surface area contributed by atoms with Gasteiger partial charge in [-0.15, -0.1) is 0 Å². The van der Waals surface area contributed by atoms with Crippen molar-refractivity contribution < 1.29 is 23.4 Å². The summed E-state index contributed by atoms with van der Waals surface area (Å²) in [7, 11) is 0.